The average molecular weight is 363 g/mol. The molecular weight excluding hydrogens is 328 g/mol. The molecule has 0 amide bonds. The molecule has 6 heteroatoms. The Labute approximate surface area is 157 Å². The summed E-state index contributed by atoms with van der Waals surface area (Å²) in [6, 6.07) is 1.89. The van der Waals surface area contributed by atoms with Crippen molar-refractivity contribution in [2.75, 3.05) is 20.1 Å². The molecule has 0 N–H and O–H groups in total. The van der Waals surface area contributed by atoms with E-state index in [1.165, 1.54) is 25.7 Å². The van der Waals surface area contributed by atoms with Crippen LogP contribution in [0.2, 0.25) is 0 Å². The molecule has 4 heterocycles. The number of nitrogens with zero attached hydrogens (tertiary/aromatic N) is 4. The van der Waals surface area contributed by atoms with E-state index >= 15 is 0 Å². The van der Waals surface area contributed by atoms with Gasteiger partial charge < -0.3 is 14.6 Å². The summed E-state index contributed by atoms with van der Waals surface area (Å²) in [5.41, 5.74) is 0. The molecular formula is C20H34N4O2. The van der Waals surface area contributed by atoms with Crippen LogP contribution in [0.4, 0.5) is 0 Å². The van der Waals surface area contributed by atoms with Crippen molar-refractivity contribution in [1.82, 2.24) is 14.7 Å². The number of fused-ring (bicyclic) bond motifs is 2. The van der Waals surface area contributed by atoms with Gasteiger partial charge in [-0.3, -0.25) is 4.79 Å². The van der Waals surface area contributed by atoms with Crippen LogP contribution in [0.1, 0.15) is 65.2 Å². The molecule has 0 radical (unpaired) electrons. The number of rotatable bonds is 5. The minimum Gasteiger partial charge on any atom is -0.352 e. The predicted octanol–water partition coefficient (Wildman–Crippen LogP) is 2.64. The van der Waals surface area contributed by atoms with Crippen molar-refractivity contribution < 1.29 is 9.63 Å². The first-order chi connectivity index (χ1) is 12.6. The molecule has 2 bridgehead atoms. The molecule has 0 aromatic rings. The van der Waals surface area contributed by atoms with Gasteiger partial charge in [0.25, 0.3) is 6.35 Å². The van der Waals surface area contributed by atoms with Crippen molar-refractivity contribution in [2.24, 2.45) is 11.1 Å². The fourth-order valence-corrected chi connectivity index (χ4v) is 5.55. The third kappa shape index (κ3) is 3.26. The third-order valence-electron chi connectivity index (χ3n) is 7.14. The zero-order chi connectivity index (χ0) is 18.3. The number of likely N-dealkylation sites (tertiary alicyclic amines) is 1. The second-order valence-electron chi connectivity index (χ2n) is 8.67. The Morgan fingerprint density at radius 1 is 1.12 bits per heavy atom. The Bertz CT molecular complexity index is 544. The second kappa shape index (κ2) is 7.47. The number of hydrogen-bond donors (Lipinski definition) is 0. The fraction of sp³-hybridized carbons (Fsp3) is 0.900. The zero-order valence-corrected chi connectivity index (χ0v) is 16.6. The van der Waals surface area contributed by atoms with E-state index in [1.54, 1.807) is 0 Å². The SMILES string of the molecule is CCCC(=O)C1CCN(C2CC3CCC(C2)N3C2ON=C(C)N2C)CC1. The van der Waals surface area contributed by atoms with Crippen molar-refractivity contribution in [3.8, 4) is 0 Å². The molecule has 3 saturated heterocycles. The third-order valence-corrected chi connectivity index (χ3v) is 7.14. The van der Waals surface area contributed by atoms with Gasteiger partial charge in [-0.1, -0.05) is 12.1 Å². The van der Waals surface area contributed by atoms with Gasteiger partial charge in [-0.2, -0.15) is 0 Å². The minimum atomic E-state index is -0.00847. The summed E-state index contributed by atoms with van der Waals surface area (Å²) in [6.45, 7) is 6.33. The van der Waals surface area contributed by atoms with Gasteiger partial charge in [0.15, 0.2) is 0 Å². The molecule has 3 atom stereocenters. The minimum absolute atomic E-state index is 0.00847. The van der Waals surface area contributed by atoms with Gasteiger partial charge in [0.05, 0.1) is 0 Å². The molecule has 4 aliphatic heterocycles. The quantitative estimate of drug-likeness (QED) is 0.752. The lowest BCUT2D eigenvalue weighted by molar-refractivity contribution is -0.138. The van der Waals surface area contributed by atoms with Crippen LogP contribution in [0, 0.1) is 5.92 Å². The standard InChI is InChI=1S/C20H34N4O2/c1-4-5-19(25)15-8-10-23(11-9-15)18-12-16-6-7-17(13-18)24(16)20-22(3)14(2)21-26-20/h15-18,20H,4-13H2,1-3H3. The number of piperidine rings is 2. The molecule has 4 aliphatic rings. The molecule has 3 fully saturated rings. The van der Waals surface area contributed by atoms with Gasteiger partial charge in [-0.25, -0.2) is 4.90 Å². The van der Waals surface area contributed by atoms with Crippen molar-refractivity contribution in [3.63, 3.8) is 0 Å². The van der Waals surface area contributed by atoms with E-state index in [1.807, 2.05) is 6.92 Å². The molecule has 6 nitrogen and oxygen atoms in total. The number of Topliss-reactive ketones (excluding diaryl/α,β-unsaturated/α-hetero) is 1. The largest absolute Gasteiger partial charge is 0.352 e. The Morgan fingerprint density at radius 2 is 1.77 bits per heavy atom. The van der Waals surface area contributed by atoms with Gasteiger partial charge in [-0.15, -0.1) is 0 Å². The topological polar surface area (TPSA) is 48.4 Å². The Balaban J connectivity index is 1.33. The van der Waals surface area contributed by atoms with Crippen LogP contribution in [-0.2, 0) is 9.63 Å². The van der Waals surface area contributed by atoms with E-state index in [2.05, 4.69) is 33.8 Å². The normalized spacial score (nSPS) is 36.3. The summed E-state index contributed by atoms with van der Waals surface area (Å²) in [6.07, 6.45) is 8.90. The number of oxime groups is 1. The summed E-state index contributed by atoms with van der Waals surface area (Å²) in [5, 5.41) is 4.18. The lowest BCUT2D eigenvalue weighted by Gasteiger charge is -2.47. The smallest absolute Gasteiger partial charge is 0.259 e. The van der Waals surface area contributed by atoms with E-state index < -0.39 is 0 Å². The summed E-state index contributed by atoms with van der Waals surface area (Å²) in [7, 11) is 2.08. The van der Waals surface area contributed by atoms with Gasteiger partial charge in [0.1, 0.15) is 11.6 Å². The predicted molar refractivity (Wildman–Crippen MR) is 102 cm³/mol. The highest BCUT2D eigenvalue weighted by Crippen LogP contribution is 2.41. The number of carbonyl (C=O) groups is 1. The van der Waals surface area contributed by atoms with E-state index in [4.69, 9.17) is 4.84 Å². The first-order valence-electron chi connectivity index (χ1n) is 10.6. The highest BCUT2D eigenvalue weighted by Gasteiger charge is 2.48. The van der Waals surface area contributed by atoms with Gasteiger partial charge in [0.2, 0.25) is 0 Å². The summed E-state index contributed by atoms with van der Waals surface area (Å²) < 4.78 is 0. The van der Waals surface area contributed by atoms with Crippen LogP contribution < -0.4 is 0 Å². The molecule has 0 aromatic carbocycles. The van der Waals surface area contributed by atoms with Crippen LogP contribution in [0.5, 0.6) is 0 Å². The highest BCUT2D eigenvalue weighted by molar-refractivity contribution is 5.81. The van der Waals surface area contributed by atoms with Crippen LogP contribution in [0.25, 0.3) is 0 Å². The lowest BCUT2D eigenvalue weighted by atomic mass is 9.87. The van der Waals surface area contributed by atoms with Crippen LogP contribution >= 0.6 is 0 Å². The molecule has 0 aliphatic carbocycles. The van der Waals surface area contributed by atoms with E-state index in [9.17, 15) is 4.79 Å². The van der Waals surface area contributed by atoms with Crippen molar-refractivity contribution in [3.05, 3.63) is 0 Å². The highest BCUT2D eigenvalue weighted by atomic mass is 16.7. The second-order valence-corrected chi connectivity index (χ2v) is 8.67. The lowest BCUT2D eigenvalue weighted by Crippen LogP contribution is -2.58. The average Bonchev–Trinajstić information content (AvgIpc) is 3.10. The number of amidine groups is 1. The maximum atomic E-state index is 12.2. The van der Waals surface area contributed by atoms with E-state index in [0.717, 1.165) is 44.6 Å². The zero-order valence-electron chi connectivity index (χ0n) is 16.6. The first kappa shape index (κ1) is 18.2. The molecule has 0 saturated carbocycles. The van der Waals surface area contributed by atoms with Crippen molar-refractivity contribution >= 4 is 11.6 Å². The molecule has 3 unspecified atom stereocenters. The molecule has 146 valence electrons. The van der Waals surface area contributed by atoms with Gasteiger partial charge in [-0.05, 0) is 65.0 Å². The molecule has 0 spiro atoms. The number of ketones is 1. The Hall–Kier alpha value is -1.14. The van der Waals surface area contributed by atoms with Gasteiger partial charge in [0, 0.05) is 37.5 Å². The summed E-state index contributed by atoms with van der Waals surface area (Å²) >= 11 is 0. The van der Waals surface area contributed by atoms with E-state index in [-0.39, 0.29) is 6.35 Å². The van der Waals surface area contributed by atoms with E-state index in [0.29, 0.717) is 29.8 Å². The Kier molecular flexibility index (Phi) is 5.24. The maximum Gasteiger partial charge on any atom is 0.259 e. The van der Waals surface area contributed by atoms with Gasteiger partial charge >= 0.3 is 0 Å². The van der Waals surface area contributed by atoms with Crippen molar-refractivity contribution in [1.29, 1.82) is 0 Å². The first-order valence-corrected chi connectivity index (χ1v) is 10.6. The summed E-state index contributed by atoms with van der Waals surface area (Å²) in [5.74, 6) is 1.79. The van der Waals surface area contributed by atoms with Crippen LogP contribution in [0.15, 0.2) is 5.16 Å². The van der Waals surface area contributed by atoms with Crippen LogP contribution in [-0.4, -0.2) is 70.9 Å². The molecule has 26 heavy (non-hydrogen) atoms. The molecule has 4 rings (SSSR count). The number of carbonyl (C=O) groups excluding carboxylic acids is 1. The Morgan fingerprint density at radius 3 is 2.31 bits per heavy atom. The monoisotopic (exact) mass is 362 g/mol. The number of hydrogen-bond acceptors (Lipinski definition) is 6. The fourth-order valence-electron chi connectivity index (χ4n) is 5.55. The maximum absolute atomic E-state index is 12.2. The van der Waals surface area contributed by atoms with Crippen LogP contribution in [0.3, 0.4) is 0 Å². The summed E-state index contributed by atoms with van der Waals surface area (Å²) in [4.78, 5) is 25.3. The van der Waals surface area contributed by atoms with Crippen molar-refractivity contribution in [2.45, 2.75) is 89.7 Å². The molecule has 0 aromatic heterocycles.